The van der Waals surface area contributed by atoms with E-state index in [1.165, 1.54) is 13.0 Å². The number of benzene rings is 4. The summed E-state index contributed by atoms with van der Waals surface area (Å²) in [6.45, 7) is 1.77. The molecular weight excluding hydrogens is 579 g/mol. The number of anilines is 1. The van der Waals surface area contributed by atoms with Crippen LogP contribution < -0.4 is 14.8 Å². The molecule has 0 saturated carbocycles. The number of hydrogen-bond acceptors (Lipinski definition) is 5. The third kappa shape index (κ3) is 5.98. The van der Waals surface area contributed by atoms with Gasteiger partial charge in [-0.3, -0.25) is 9.59 Å². The molecule has 0 heterocycles. The lowest BCUT2D eigenvalue weighted by molar-refractivity contribution is -0.112. The summed E-state index contributed by atoms with van der Waals surface area (Å²) in [5.74, 6) is 0.266. The second-order valence-corrected chi connectivity index (χ2v) is 9.35. The minimum atomic E-state index is -0.610. The Bertz CT molecular complexity index is 1560. The van der Waals surface area contributed by atoms with Gasteiger partial charge in [0.05, 0.1) is 16.4 Å². The van der Waals surface area contributed by atoms with Gasteiger partial charge in [0.2, 0.25) is 0 Å². The zero-order valence-corrected chi connectivity index (χ0v) is 22.4. The fraction of sp³-hybridized carbons (Fsp3) is 0.100. The number of carbonyl (C=O) groups excluding carboxylic acids is 2. The van der Waals surface area contributed by atoms with Gasteiger partial charge in [-0.2, -0.15) is 5.26 Å². The van der Waals surface area contributed by atoms with Crippen LogP contribution in [0.25, 0.3) is 16.8 Å². The van der Waals surface area contributed by atoms with Crippen LogP contribution in [0.3, 0.4) is 0 Å². The Morgan fingerprint density at radius 2 is 1.76 bits per heavy atom. The van der Waals surface area contributed by atoms with Crippen molar-refractivity contribution in [1.29, 1.82) is 5.26 Å². The van der Waals surface area contributed by atoms with Crippen LogP contribution in [0.5, 0.6) is 11.5 Å². The molecule has 1 N–H and O–H groups in total. The summed E-state index contributed by atoms with van der Waals surface area (Å²) < 4.78 is 12.5. The van der Waals surface area contributed by atoms with Gasteiger partial charge in [0.25, 0.3) is 5.91 Å². The zero-order valence-electron chi connectivity index (χ0n) is 20.2. The van der Waals surface area contributed by atoms with Crippen LogP contribution in [0.15, 0.2) is 84.4 Å². The Balaban J connectivity index is 1.58. The van der Waals surface area contributed by atoms with Crippen molar-refractivity contribution in [3.8, 4) is 17.6 Å². The van der Waals surface area contributed by atoms with Gasteiger partial charge in [-0.05, 0) is 81.8 Å². The van der Waals surface area contributed by atoms with Crippen LogP contribution in [0.2, 0.25) is 0 Å². The predicted octanol–water partition coefficient (Wildman–Crippen LogP) is 6.78. The van der Waals surface area contributed by atoms with Crippen molar-refractivity contribution in [2.24, 2.45) is 0 Å². The smallest absolute Gasteiger partial charge is 0.266 e. The van der Waals surface area contributed by atoms with Crippen molar-refractivity contribution < 1.29 is 19.1 Å². The number of halogens is 1. The number of rotatable bonds is 8. The molecule has 4 aromatic carbocycles. The number of Topliss-reactive ketones (excluding diaryl/α,β-unsaturated/α-hetero) is 1. The standard InChI is InChI=1S/C30H23IN2O4/c1-19(34)24-11-5-6-13-27(24)33-30(35)23(17-32)14-20-15-26(31)29(28(16-20)36-2)37-18-22-10-7-9-21-8-3-4-12-25(21)22/h3-16H,18H2,1-2H3,(H,33,35)/b23-14-. The largest absolute Gasteiger partial charge is 0.493 e. The highest BCUT2D eigenvalue weighted by atomic mass is 127. The Morgan fingerprint density at radius 3 is 2.51 bits per heavy atom. The fourth-order valence-corrected chi connectivity index (χ4v) is 4.72. The van der Waals surface area contributed by atoms with Gasteiger partial charge in [0, 0.05) is 5.56 Å². The van der Waals surface area contributed by atoms with Gasteiger partial charge in [-0.25, -0.2) is 0 Å². The molecular formula is C30H23IN2O4. The Hall–Kier alpha value is -4.16. The highest BCUT2D eigenvalue weighted by Gasteiger charge is 2.16. The van der Waals surface area contributed by atoms with Crippen molar-refractivity contribution in [3.05, 3.63) is 105 Å². The van der Waals surface area contributed by atoms with E-state index in [2.05, 4.69) is 46.1 Å². The van der Waals surface area contributed by atoms with Gasteiger partial charge in [0.1, 0.15) is 18.2 Å². The van der Waals surface area contributed by atoms with E-state index in [9.17, 15) is 14.9 Å². The van der Waals surface area contributed by atoms with E-state index < -0.39 is 5.91 Å². The van der Waals surface area contributed by atoms with Crippen molar-refractivity contribution in [2.45, 2.75) is 13.5 Å². The average Bonchev–Trinajstić information content (AvgIpc) is 2.90. The lowest BCUT2D eigenvalue weighted by atomic mass is 10.1. The molecule has 1 amide bonds. The minimum absolute atomic E-state index is 0.111. The molecule has 184 valence electrons. The van der Waals surface area contributed by atoms with Crippen molar-refractivity contribution in [2.75, 3.05) is 12.4 Å². The molecule has 0 aliphatic heterocycles. The fourth-order valence-electron chi connectivity index (χ4n) is 3.94. The summed E-state index contributed by atoms with van der Waals surface area (Å²) in [6.07, 6.45) is 1.48. The first-order chi connectivity index (χ1) is 17.9. The maximum Gasteiger partial charge on any atom is 0.266 e. The molecule has 6 nitrogen and oxygen atoms in total. The molecule has 0 spiro atoms. The summed E-state index contributed by atoms with van der Waals surface area (Å²) in [7, 11) is 1.54. The van der Waals surface area contributed by atoms with E-state index in [-0.39, 0.29) is 11.4 Å². The molecule has 37 heavy (non-hydrogen) atoms. The van der Waals surface area contributed by atoms with E-state index in [1.54, 1.807) is 37.4 Å². The molecule has 0 radical (unpaired) electrons. The zero-order chi connectivity index (χ0) is 26.4. The Morgan fingerprint density at radius 1 is 1.03 bits per heavy atom. The van der Waals surface area contributed by atoms with Gasteiger partial charge in [0.15, 0.2) is 17.3 Å². The maximum absolute atomic E-state index is 12.8. The molecule has 0 bridgehead atoms. The number of nitrogens with zero attached hydrogens (tertiary/aromatic N) is 1. The second-order valence-electron chi connectivity index (χ2n) is 8.19. The number of carbonyl (C=O) groups is 2. The van der Waals surface area contributed by atoms with Gasteiger partial charge in [-0.15, -0.1) is 0 Å². The number of nitrogens with one attached hydrogen (secondary N) is 1. The Labute approximate surface area is 228 Å². The number of para-hydroxylation sites is 1. The SMILES string of the molecule is COc1cc(/C=C(/C#N)C(=O)Nc2ccccc2C(C)=O)cc(I)c1OCc1cccc2ccccc12. The van der Waals surface area contributed by atoms with Gasteiger partial charge < -0.3 is 14.8 Å². The summed E-state index contributed by atoms with van der Waals surface area (Å²) in [5, 5.41) is 14.6. The van der Waals surface area contributed by atoms with Crippen LogP contribution in [0.4, 0.5) is 5.69 Å². The number of fused-ring (bicyclic) bond motifs is 1. The molecule has 0 aromatic heterocycles. The predicted molar refractivity (Wildman–Crippen MR) is 153 cm³/mol. The monoisotopic (exact) mass is 602 g/mol. The normalized spacial score (nSPS) is 11.0. The van der Waals surface area contributed by atoms with E-state index in [4.69, 9.17) is 9.47 Å². The van der Waals surface area contributed by atoms with E-state index in [1.807, 2.05) is 36.4 Å². The van der Waals surface area contributed by atoms with Crippen molar-refractivity contribution in [1.82, 2.24) is 0 Å². The molecule has 0 aliphatic carbocycles. The van der Waals surface area contributed by atoms with E-state index >= 15 is 0 Å². The third-order valence-corrected chi connectivity index (χ3v) is 6.54. The molecule has 0 aliphatic rings. The molecule has 7 heteroatoms. The summed E-state index contributed by atoms with van der Waals surface area (Å²) >= 11 is 2.15. The molecule has 0 fully saturated rings. The molecule has 4 aromatic rings. The lowest BCUT2D eigenvalue weighted by Crippen LogP contribution is -2.15. The topological polar surface area (TPSA) is 88.4 Å². The summed E-state index contributed by atoms with van der Waals surface area (Å²) in [6, 6.07) is 26.4. The quantitative estimate of drug-likeness (QED) is 0.104. The first-order valence-electron chi connectivity index (χ1n) is 11.4. The van der Waals surface area contributed by atoms with Crippen LogP contribution in [0.1, 0.15) is 28.4 Å². The number of ether oxygens (including phenoxy) is 2. The molecule has 0 atom stereocenters. The van der Waals surface area contributed by atoms with Crippen molar-refractivity contribution in [3.63, 3.8) is 0 Å². The van der Waals surface area contributed by atoms with E-state index in [0.29, 0.717) is 34.9 Å². The highest BCUT2D eigenvalue weighted by Crippen LogP contribution is 2.35. The third-order valence-electron chi connectivity index (χ3n) is 5.73. The number of methoxy groups -OCH3 is 1. The minimum Gasteiger partial charge on any atom is -0.493 e. The summed E-state index contributed by atoms with van der Waals surface area (Å²) in [5.41, 5.74) is 2.27. The van der Waals surface area contributed by atoms with Gasteiger partial charge in [-0.1, -0.05) is 54.6 Å². The number of hydrogen-bond donors (Lipinski definition) is 1. The number of nitriles is 1. The number of ketones is 1. The summed E-state index contributed by atoms with van der Waals surface area (Å²) in [4.78, 5) is 24.7. The van der Waals surface area contributed by atoms with Crippen LogP contribution in [-0.4, -0.2) is 18.8 Å². The average molecular weight is 602 g/mol. The molecule has 4 rings (SSSR count). The molecule has 0 unspecified atom stereocenters. The van der Waals surface area contributed by atoms with Crippen molar-refractivity contribution >= 4 is 56.8 Å². The maximum atomic E-state index is 12.8. The lowest BCUT2D eigenvalue weighted by Gasteiger charge is -2.15. The molecule has 0 saturated heterocycles. The van der Waals surface area contributed by atoms with E-state index in [0.717, 1.165) is 19.9 Å². The van der Waals surface area contributed by atoms with Crippen LogP contribution >= 0.6 is 22.6 Å². The number of amides is 1. The van der Waals surface area contributed by atoms with Gasteiger partial charge >= 0.3 is 0 Å². The first-order valence-corrected chi connectivity index (χ1v) is 12.5. The van der Waals surface area contributed by atoms with Crippen LogP contribution in [-0.2, 0) is 11.4 Å². The Kier molecular flexibility index (Phi) is 8.21. The first kappa shape index (κ1) is 25.9. The van der Waals surface area contributed by atoms with Crippen LogP contribution in [0, 0.1) is 14.9 Å². The highest BCUT2D eigenvalue weighted by molar-refractivity contribution is 14.1. The second kappa shape index (κ2) is 11.7.